The fourth-order valence-electron chi connectivity index (χ4n) is 2.56. The van der Waals surface area contributed by atoms with Crippen molar-refractivity contribution >= 4 is 0 Å². The molecule has 1 aliphatic heterocycles. The van der Waals surface area contributed by atoms with Crippen molar-refractivity contribution in [3.63, 3.8) is 0 Å². The van der Waals surface area contributed by atoms with Gasteiger partial charge in [0.15, 0.2) is 0 Å². The molecule has 0 aromatic heterocycles. The predicted octanol–water partition coefficient (Wildman–Crippen LogP) is 2.36. The van der Waals surface area contributed by atoms with Crippen LogP contribution in [0.5, 0.6) is 5.75 Å². The number of hydrogen-bond donors (Lipinski definition) is 2. The minimum Gasteiger partial charge on any atom is -0.493 e. The van der Waals surface area contributed by atoms with E-state index in [-0.39, 0.29) is 0 Å². The van der Waals surface area contributed by atoms with Crippen molar-refractivity contribution in [1.82, 2.24) is 0 Å². The van der Waals surface area contributed by atoms with Crippen LogP contribution in [0.15, 0.2) is 18.2 Å². The summed E-state index contributed by atoms with van der Waals surface area (Å²) in [6.45, 7) is 1.32. The minimum absolute atomic E-state index is 0.398. The van der Waals surface area contributed by atoms with Crippen molar-refractivity contribution in [2.24, 2.45) is 11.7 Å². The van der Waals surface area contributed by atoms with Crippen molar-refractivity contribution in [1.29, 1.82) is 0 Å². The summed E-state index contributed by atoms with van der Waals surface area (Å²) in [6.07, 6.45) is -4.19. The molecule has 20 heavy (non-hydrogen) atoms. The van der Waals surface area contributed by atoms with Crippen LogP contribution < -0.4 is 10.5 Å². The summed E-state index contributed by atoms with van der Waals surface area (Å²) in [7, 11) is 0. The number of halogens is 3. The maximum absolute atomic E-state index is 12.8. The van der Waals surface area contributed by atoms with Crippen molar-refractivity contribution in [3.05, 3.63) is 29.3 Å². The van der Waals surface area contributed by atoms with Gasteiger partial charge in [-0.2, -0.15) is 13.2 Å². The summed E-state index contributed by atoms with van der Waals surface area (Å²) in [4.78, 5) is 0. The van der Waals surface area contributed by atoms with E-state index in [1.165, 1.54) is 6.92 Å². The van der Waals surface area contributed by atoms with E-state index in [2.05, 4.69) is 0 Å². The van der Waals surface area contributed by atoms with Gasteiger partial charge in [0.2, 0.25) is 0 Å². The number of rotatable bonds is 4. The van der Waals surface area contributed by atoms with Gasteiger partial charge in [-0.05, 0) is 18.9 Å². The van der Waals surface area contributed by atoms with Crippen LogP contribution >= 0.6 is 0 Å². The average molecular weight is 289 g/mol. The van der Waals surface area contributed by atoms with E-state index in [9.17, 15) is 18.3 Å². The van der Waals surface area contributed by atoms with Crippen LogP contribution in [0.1, 0.15) is 24.5 Å². The lowest BCUT2D eigenvalue weighted by Gasteiger charge is -2.30. The predicted molar refractivity (Wildman–Crippen MR) is 68.4 cm³/mol. The zero-order valence-electron chi connectivity index (χ0n) is 11.2. The maximum atomic E-state index is 12.8. The van der Waals surface area contributed by atoms with Crippen LogP contribution in [0, 0.1) is 5.92 Å². The van der Waals surface area contributed by atoms with E-state index < -0.39 is 30.7 Å². The van der Waals surface area contributed by atoms with Crippen LogP contribution in [-0.4, -0.2) is 24.4 Å². The Balaban J connectivity index is 2.29. The second kappa shape index (κ2) is 5.26. The van der Waals surface area contributed by atoms with Crippen LogP contribution in [0.3, 0.4) is 0 Å². The summed E-state index contributed by atoms with van der Waals surface area (Å²) < 4.78 is 43.9. The molecule has 3 N–H and O–H groups in total. The lowest BCUT2D eigenvalue weighted by atomic mass is 9.84. The first-order valence-electron chi connectivity index (χ1n) is 6.50. The van der Waals surface area contributed by atoms with Gasteiger partial charge in [0.25, 0.3) is 0 Å². The molecule has 2 rings (SSSR count). The first-order valence-corrected chi connectivity index (χ1v) is 6.50. The largest absolute Gasteiger partial charge is 0.493 e. The third kappa shape index (κ3) is 2.91. The Kier molecular flexibility index (Phi) is 3.97. The number of nitrogens with two attached hydrogens (primary N) is 1. The molecular weight excluding hydrogens is 271 g/mol. The van der Waals surface area contributed by atoms with E-state index in [1.54, 1.807) is 12.1 Å². The maximum Gasteiger partial charge on any atom is 0.393 e. The van der Waals surface area contributed by atoms with Gasteiger partial charge in [-0.1, -0.05) is 18.2 Å². The highest BCUT2D eigenvalue weighted by molar-refractivity contribution is 5.46. The fraction of sp³-hybridized carbons (Fsp3) is 0.571. The SMILES string of the molecule is CC(O)(CC(CN)C(F)(F)F)c1cccc2c1OCC2. The Morgan fingerprint density at radius 1 is 1.40 bits per heavy atom. The molecule has 1 aromatic rings. The topological polar surface area (TPSA) is 55.5 Å². The van der Waals surface area contributed by atoms with E-state index in [0.29, 0.717) is 24.3 Å². The number of alkyl halides is 3. The number of para-hydroxylation sites is 1. The highest BCUT2D eigenvalue weighted by atomic mass is 19.4. The normalized spacial score (nSPS) is 19.1. The molecule has 3 nitrogen and oxygen atoms in total. The Bertz CT molecular complexity index is 486. The van der Waals surface area contributed by atoms with Crippen LogP contribution in [-0.2, 0) is 12.0 Å². The molecule has 0 fully saturated rings. The van der Waals surface area contributed by atoms with Gasteiger partial charge in [0.05, 0.1) is 18.1 Å². The van der Waals surface area contributed by atoms with Crippen LogP contribution in [0.2, 0.25) is 0 Å². The quantitative estimate of drug-likeness (QED) is 0.894. The molecule has 2 atom stereocenters. The summed E-state index contributed by atoms with van der Waals surface area (Å²) in [5.74, 6) is -1.23. The van der Waals surface area contributed by atoms with E-state index in [4.69, 9.17) is 10.5 Å². The van der Waals surface area contributed by atoms with Crippen LogP contribution in [0.4, 0.5) is 13.2 Å². The highest BCUT2D eigenvalue weighted by Crippen LogP contribution is 2.42. The van der Waals surface area contributed by atoms with Crippen molar-refractivity contribution < 1.29 is 23.0 Å². The van der Waals surface area contributed by atoms with Gasteiger partial charge in [-0.3, -0.25) is 0 Å². The number of ether oxygens (including phenoxy) is 1. The summed E-state index contributed by atoms with van der Waals surface area (Å²) >= 11 is 0. The molecule has 0 radical (unpaired) electrons. The Morgan fingerprint density at radius 2 is 2.10 bits per heavy atom. The number of hydrogen-bond acceptors (Lipinski definition) is 3. The van der Waals surface area contributed by atoms with Gasteiger partial charge in [-0.15, -0.1) is 0 Å². The first-order chi connectivity index (χ1) is 9.25. The molecule has 6 heteroatoms. The van der Waals surface area contributed by atoms with Gasteiger partial charge < -0.3 is 15.6 Å². The lowest BCUT2D eigenvalue weighted by molar-refractivity contribution is -0.186. The minimum atomic E-state index is -4.42. The van der Waals surface area contributed by atoms with Gasteiger partial charge in [0.1, 0.15) is 5.75 Å². The third-order valence-electron chi connectivity index (χ3n) is 3.69. The Hall–Kier alpha value is -1.27. The summed E-state index contributed by atoms with van der Waals surface area (Å²) in [5.41, 5.74) is 4.88. The Labute approximate surface area is 115 Å². The molecule has 0 saturated carbocycles. The molecule has 0 saturated heterocycles. The smallest absolute Gasteiger partial charge is 0.393 e. The second-order valence-corrected chi connectivity index (χ2v) is 5.34. The molecule has 1 heterocycles. The molecule has 0 amide bonds. The zero-order chi connectivity index (χ0) is 15.0. The number of benzene rings is 1. The summed E-state index contributed by atoms with van der Waals surface area (Å²) in [5, 5.41) is 10.5. The zero-order valence-corrected chi connectivity index (χ0v) is 11.2. The van der Waals surface area contributed by atoms with E-state index in [0.717, 1.165) is 5.56 Å². The molecular formula is C14H18F3NO2. The van der Waals surface area contributed by atoms with Gasteiger partial charge in [0, 0.05) is 18.5 Å². The fourth-order valence-corrected chi connectivity index (χ4v) is 2.56. The standard InChI is InChI=1S/C14H18F3NO2/c1-13(19,7-10(8-18)14(15,16)17)11-4-2-3-9-5-6-20-12(9)11/h2-4,10,19H,5-8,18H2,1H3. The molecule has 2 unspecified atom stereocenters. The lowest BCUT2D eigenvalue weighted by Crippen LogP contribution is -2.37. The van der Waals surface area contributed by atoms with E-state index >= 15 is 0 Å². The molecule has 1 aromatic carbocycles. The first kappa shape index (κ1) is 15.1. The van der Waals surface area contributed by atoms with Crippen molar-refractivity contribution in [2.75, 3.05) is 13.2 Å². The third-order valence-corrected chi connectivity index (χ3v) is 3.69. The monoisotopic (exact) mass is 289 g/mol. The average Bonchev–Trinajstić information content (AvgIpc) is 2.82. The molecule has 1 aliphatic rings. The van der Waals surface area contributed by atoms with Gasteiger partial charge in [-0.25, -0.2) is 0 Å². The summed E-state index contributed by atoms with van der Waals surface area (Å²) in [6, 6.07) is 5.18. The molecule has 0 spiro atoms. The van der Waals surface area contributed by atoms with Crippen molar-refractivity contribution in [3.8, 4) is 5.75 Å². The molecule has 0 bridgehead atoms. The van der Waals surface area contributed by atoms with Gasteiger partial charge >= 0.3 is 6.18 Å². The number of aliphatic hydroxyl groups is 1. The Morgan fingerprint density at radius 3 is 2.70 bits per heavy atom. The van der Waals surface area contributed by atoms with E-state index in [1.807, 2.05) is 6.07 Å². The highest BCUT2D eigenvalue weighted by Gasteiger charge is 2.44. The van der Waals surface area contributed by atoms with Crippen LogP contribution in [0.25, 0.3) is 0 Å². The number of fused-ring (bicyclic) bond motifs is 1. The van der Waals surface area contributed by atoms with Crippen molar-refractivity contribution in [2.45, 2.75) is 31.5 Å². The second-order valence-electron chi connectivity index (χ2n) is 5.34. The molecule has 112 valence electrons. The molecule has 0 aliphatic carbocycles.